The zero-order valence-corrected chi connectivity index (χ0v) is 12.7. The fraction of sp³-hybridized carbons (Fsp3) is 0.278. The minimum absolute atomic E-state index is 0.271. The van der Waals surface area contributed by atoms with Crippen LogP contribution < -0.4 is 10.1 Å². The van der Waals surface area contributed by atoms with Gasteiger partial charge in [-0.3, -0.25) is 4.79 Å². The largest absolute Gasteiger partial charge is 0.439 e. The van der Waals surface area contributed by atoms with Gasteiger partial charge in [-0.2, -0.15) is 5.26 Å². The predicted molar refractivity (Wildman–Crippen MR) is 85.0 cm³/mol. The summed E-state index contributed by atoms with van der Waals surface area (Å²) in [6.45, 7) is 0. The van der Waals surface area contributed by atoms with Crippen molar-refractivity contribution in [2.75, 3.05) is 0 Å². The lowest BCUT2D eigenvalue weighted by Gasteiger charge is -2.21. The lowest BCUT2D eigenvalue weighted by molar-refractivity contribution is 0.0920. The van der Waals surface area contributed by atoms with Crippen LogP contribution in [0.2, 0.25) is 0 Å². The van der Waals surface area contributed by atoms with E-state index in [1.54, 1.807) is 12.1 Å². The summed E-state index contributed by atoms with van der Waals surface area (Å²) in [5.74, 6) is 0.836. The van der Waals surface area contributed by atoms with Crippen LogP contribution in [0.1, 0.15) is 36.0 Å². The van der Waals surface area contributed by atoms with Crippen LogP contribution in [0.3, 0.4) is 0 Å². The maximum absolute atomic E-state index is 12.3. The molecule has 5 heteroatoms. The quantitative estimate of drug-likeness (QED) is 0.939. The van der Waals surface area contributed by atoms with Crippen molar-refractivity contribution in [1.29, 1.82) is 5.26 Å². The Bertz CT molecular complexity index is 714. The number of carbonyl (C=O) groups is 1. The van der Waals surface area contributed by atoms with E-state index >= 15 is 0 Å². The van der Waals surface area contributed by atoms with E-state index in [0.717, 1.165) is 12.8 Å². The van der Waals surface area contributed by atoms with Crippen LogP contribution in [0.4, 0.5) is 0 Å². The average molecular weight is 307 g/mol. The van der Waals surface area contributed by atoms with Crippen LogP contribution in [0, 0.1) is 11.3 Å². The minimum Gasteiger partial charge on any atom is -0.439 e. The molecule has 0 aliphatic heterocycles. The Morgan fingerprint density at radius 3 is 2.52 bits per heavy atom. The Hall–Kier alpha value is -2.87. The number of aromatic nitrogens is 1. The van der Waals surface area contributed by atoms with Crippen LogP contribution >= 0.6 is 0 Å². The lowest BCUT2D eigenvalue weighted by atomic mass is 9.99. The maximum atomic E-state index is 12.3. The molecule has 0 radical (unpaired) electrons. The Morgan fingerprint density at radius 2 is 1.91 bits per heavy atom. The van der Waals surface area contributed by atoms with Crippen molar-refractivity contribution in [2.24, 2.45) is 0 Å². The summed E-state index contributed by atoms with van der Waals surface area (Å²) in [5, 5.41) is 12.2. The molecule has 1 N–H and O–H groups in total. The molecular weight excluding hydrogens is 290 g/mol. The van der Waals surface area contributed by atoms with Crippen molar-refractivity contribution < 1.29 is 9.53 Å². The predicted octanol–water partition coefficient (Wildman–Crippen LogP) is 3.44. The summed E-state index contributed by atoms with van der Waals surface area (Å²) < 4.78 is 5.59. The molecule has 3 rings (SSSR count). The molecule has 0 atom stereocenters. The Morgan fingerprint density at radius 1 is 1.17 bits per heavy atom. The van der Waals surface area contributed by atoms with E-state index in [9.17, 15) is 10.1 Å². The van der Waals surface area contributed by atoms with Crippen LogP contribution in [0.15, 0.2) is 48.7 Å². The van der Waals surface area contributed by atoms with Crippen molar-refractivity contribution in [3.05, 3.63) is 54.2 Å². The molecule has 2 aromatic rings. The van der Waals surface area contributed by atoms with E-state index in [2.05, 4.69) is 16.4 Å². The summed E-state index contributed by atoms with van der Waals surface area (Å²) in [4.78, 5) is 16.4. The number of nitrogens with zero attached hydrogens (tertiary/aromatic N) is 2. The van der Waals surface area contributed by atoms with Gasteiger partial charge in [-0.1, -0.05) is 18.2 Å². The topological polar surface area (TPSA) is 75.0 Å². The van der Waals surface area contributed by atoms with Gasteiger partial charge < -0.3 is 10.1 Å². The van der Waals surface area contributed by atoms with Gasteiger partial charge in [-0.15, -0.1) is 0 Å². The molecule has 23 heavy (non-hydrogen) atoms. The first-order valence-corrected chi connectivity index (χ1v) is 7.63. The first-order chi connectivity index (χ1) is 11.2. The van der Waals surface area contributed by atoms with Gasteiger partial charge in [0, 0.05) is 12.3 Å². The zero-order valence-electron chi connectivity index (χ0n) is 12.7. The molecule has 0 unspecified atom stereocenters. The summed E-state index contributed by atoms with van der Waals surface area (Å²) in [7, 11) is 0. The van der Waals surface area contributed by atoms with E-state index in [4.69, 9.17) is 4.74 Å². The highest BCUT2D eigenvalue weighted by molar-refractivity contribution is 5.94. The third-order valence-electron chi connectivity index (χ3n) is 3.99. The second-order valence-corrected chi connectivity index (χ2v) is 5.66. The molecule has 0 saturated heterocycles. The molecule has 1 fully saturated rings. The Kier molecular flexibility index (Phi) is 4.24. The van der Waals surface area contributed by atoms with Gasteiger partial charge in [-0.25, -0.2) is 4.98 Å². The smallest absolute Gasteiger partial charge is 0.254 e. The molecule has 5 nitrogen and oxygen atoms in total. The van der Waals surface area contributed by atoms with Crippen molar-refractivity contribution in [3.8, 4) is 17.7 Å². The number of hydrogen-bond donors (Lipinski definition) is 1. The van der Waals surface area contributed by atoms with Crippen molar-refractivity contribution in [2.45, 2.75) is 31.2 Å². The van der Waals surface area contributed by atoms with E-state index in [-0.39, 0.29) is 5.91 Å². The summed E-state index contributed by atoms with van der Waals surface area (Å²) in [6.07, 6.45) is 4.81. The number of ether oxygens (including phenoxy) is 1. The van der Waals surface area contributed by atoms with Gasteiger partial charge in [0.1, 0.15) is 11.3 Å². The molecule has 1 saturated carbocycles. The molecule has 1 amide bonds. The number of benzene rings is 1. The minimum atomic E-state index is -0.726. The maximum Gasteiger partial charge on any atom is 0.254 e. The zero-order chi connectivity index (χ0) is 16.1. The number of pyridine rings is 1. The van der Waals surface area contributed by atoms with E-state index in [1.165, 1.54) is 6.20 Å². The number of hydrogen-bond acceptors (Lipinski definition) is 4. The van der Waals surface area contributed by atoms with Gasteiger partial charge in [0.15, 0.2) is 0 Å². The van der Waals surface area contributed by atoms with Gasteiger partial charge in [0.2, 0.25) is 5.88 Å². The molecular formula is C18H17N3O2. The summed E-state index contributed by atoms with van der Waals surface area (Å²) in [5.41, 5.74) is -0.303. The van der Waals surface area contributed by atoms with E-state index in [0.29, 0.717) is 30.0 Å². The molecule has 0 bridgehead atoms. The highest BCUT2D eigenvalue weighted by Crippen LogP contribution is 2.29. The number of nitriles is 1. The molecule has 1 aromatic heterocycles. The lowest BCUT2D eigenvalue weighted by Crippen LogP contribution is -2.45. The van der Waals surface area contributed by atoms with Gasteiger partial charge in [0.25, 0.3) is 5.91 Å². The Balaban J connectivity index is 1.67. The molecule has 0 spiro atoms. The number of rotatable bonds is 4. The second kappa shape index (κ2) is 6.49. The fourth-order valence-corrected chi connectivity index (χ4v) is 2.72. The van der Waals surface area contributed by atoms with E-state index in [1.807, 2.05) is 30.3 Å². The van der Waals surface area contributed by atoms with Crippen LogP contribution in [-0.2, 0) is 0 Å². The normalized spacial score (nSPS) is 15.6. The molecule has 1 aromatic carbocycles. The third kappa shape index (κ3) is 3.49. The van der Waals surface area contributed by atoms with Crippen LogP contribution in [0.5, 0.6) is 11.6 Å². The summed E-state index contributed by atoms with van der Waals surface area (Å²) in [6, 6.07) is 14.9. The van der Waals surface area contributed by atoms with Crippen LogP contribution in [0.25, 0.3) is 0 Å². The molecule has 1 aliphatic carbocycles. The van der Waals surface area contributed by atoms with Gasteiger partial charge in [-0.05, 0) is 43.9 Å². The molecule has 116 valence electrons. The number of carbonyl (C=O) groups excluding carboxylic acids is 1. The standard InChI is InChI=1S/C18H17N3O2/c19-13-18(10-4-5-11-18)21-17(22)14-8-9-16(20-12-14)23-15-6-2-1-3-7-15/h1-3,6-9,12H,4-5,10-11H2,(H,21,22). The SMILES string of the molecule is N#CC1(NC(=O)c2ccc(Oc3ccccc3)nc2)CCCC1. The van der Waals surface area contributed by atoms with Gasteiger partial charge in [0.05, 0.1) is 11.6 Å². The molecule has 1 heterocycles. The highest BCUT2D eigenvalue weighted by atomic mass is 16.5. The van der Waals surface area contributed by atoms with Crippen molar-refractivity contribution in [3.63, 3.8) is 0 Å². The first kappa shape index (κ1) is 15.0. The number of nitrogens with one attached hydrogen (secondary N) is 1. The third-order valence-corrected chi connectivity index (χ3v) is 3.99. The second-order valence-electron chi connectivity index (χ2n) is 5.66. The fourth-order valence-electron chi connectivity index (χ4n) is 2.72. The average Bonchev–Trinajstić information content (AvgIpc) is 3.05. The number of para-hydroxylation sites is 1. The first-order valence-electron chi connectivity index (χ1n) is 7.63. The van der Waals surface area contributed by atoms with Crippen molar-refractivity contribution in [1.82, 2.24) is 10.3 Å². The number of amides is 1. The van der Waals surface area contributed by atoms with Crippen LogP contribution in [-0.4, -0.2) is 16.4 Å². The highest BCUT2D eigenvalue weighted by Gasteiger charge is 2.35. The summed E-state index contributed by atoms with van der Waals surface area (Å²) >= 11 is 0. The van der Waals surface area contributed by atoms with Gasteiger partial charge >= 0.3 is 0 Å². The molecule has 1 aliphatic rings. The van der Waals surface area contributed by atoms with Crippen molar-refractivity contribution >= 4 is 5.91 Å². The van der Waals surface area contributed by atoms with E-state index < -0.39 is 5.54 Å². The monoisotopic (exact) mass is 307 g/mol. The Labute approximate surface area is 134 Å².